The van der Waals surface area contributed by atoms with E-state index in [1.54, 1.807) is 18.2 Å². The number of aromatic amines is 1. The summed E-state index contributed by atoms with van der Waals surface area (Å²) in [4.78, 5) is 11.6. The van der Waals surface area contributed by atoms with Crippen molar-refractivity contribution in [2.45, 2.75) is 25.9 Å². The molecule has 23 heavy (non-hydrogen) atoms. The number of alkyl halides is 2. The number of carbonyl (C=O) groups excluding carboxylic acids is 1. The molecule has 0 bridgehead atoms. The summed E-state index contributed by atoms with van der Waals surface area (Å²) in [5, 5.41) is 17.7. The number of benzene rings is 1. The van der Waals surface area contributed by atoms with E-state index in [2.05, 4.69) is 20.3 Å². The minimum Gasteiger partial charge on any atom is -0.435 e. The van der Waals surface area contributed by atoms with E-state index in [-0.39, 0.29) is 18.1 Å². The van der Waals surface area contributed by atoms with Gasteiger partial charge in [0.1, 0.15) is 5.75 Å². The Balaban J connectivity index is 1.96. The number of anilines is 1. The molecule has 1 aromatic carbocycles. The molecule has 0 aliphatic rings. The van der Waals surface area contributed by atoms with Crippen LogP contribution in [0.5, 0.6) is 5.75 Å². The predicted molar refractivity (Wildman–Crippen MR) is 78.7 cm³/mol. The Morgan fingerprint density at radius 3 is 2.78 bits per heavy atom. The number of nitriles is 1. The number of unbranched alkanes of at least 4 members (excludes halogenated alkanes) is 1. The minimum absolute atomic E-state index is 0.0642. The Kier molecular flexibility index (Phi) is 5.63. The van der Waals surface area contributed by atoms with E-state index < -0.39 is 6.61 Å². The molecule has 0 saturated heterocycles. The Labute approximate surface area is 131 Å². The van der Waals surface area contributed by atoms with Crippen LogP contribution in [0.1, 0.15) is 19.3 Å². The second-order valence-corrected chi connectivity index (χ2v) is 4.63. The van der Waals surface area contributed by atoms with Crippen LogP contribution < -0.4 is 10.1 Å². The zero-order valence-corrected chi connectivity index (χ0v) is 12.1. The molecular formula is C15H14F2N4O2. The smallest absolute Gasteiger partial charge is 0.387 e. The number of H-pyrrole nitrogens is 1. The van der Waals surface area contributed by atoms with Gasteiger partial charge in [0.05, 0.1) is 11.8 Å². The normalized spacial score (nSPS) is 10.3. The van der Waals surface area contributed by atoms with Crippen molar-refractivity contribution >= 4 is 11.7 Å². The van der Waals surface area contributed by atoms with E-state index in [4.69, 9.17) is 5.26 Å². The molecule has 0 atom stereocenters. The van der Waals surface area contributed by atoms with Gasteiger partial charge in [0, 0.05) is 18.9 Å². The molecule has 6 nitrogen and oxygen atoms in total. The first kappa shape index (κ1) is 16.4. The van der Waals surface area contributed by atoms with Crippen LogP contribution in [0.4, 0.5) is 14.6 Å². The summed E-state index contributed by atoms with van der Waals surface area (Å²) in [5.74, 6) is 0.197. The van der Waals surface area contributed by atoms with Gasteiger partial charge in [-0.3, -0.25) is 9.89 Å². The quantitative estimate of drug-likeness (QED) is 0.766. The lowest BCUT2D eigenvalue weighted by Gasteiger charge is -2.04. The highest BCUT2D eigenvalue weighted by Crippen LogP contribution is 2.23. The molecule has 0 saturated carbocycles. The molecule has 1 aromatic heterocycles. The minimum atomic E-state index is -2.86. The lowest BCUT2D eigenvalue weighted by molar-refractivity contribution is -0.116. The first-order chi connectivity index (χ1) is 11.1. The predicted octanol–water partition coefficient (Wildman–Crippen LogP) is 3.31. The second kappa shape index (κ2) is 7.89. The Morgan fingerprint density at radius 2 is 2.13 bits per heavy atom. The fourth-order valence-corrected chi connectivity index (χ4v) is 1.88. The van der Waals surface area contributed by atoms with Crippen molar-refractivity contribution in [3.05, 3.63) is 30.3 Å². The number of hydrogen-bond acceptors (Lipinski definition) is 4. The third-order valence-electron chi connectivity index (χ3n) is 2.93. The summed E-state index contributed by atoms with van der Waals surface area (Å²) in [6.07, 6.45) is 1.06. The number of amides is 1. The maximum atomic E-state index is 12.1. The Morgan fingerprint density at radius 1 is 1.39 bits per heavy atom. The molecule has 2 rings (SSSR count). The third-order valence-corrected chi connectivity index (χ3v) is 2.93. The average Bonchev–Trinajstić information content (AvgIpc) is 2.96. The van der Waals surface area contributed by atoms with Crippen LogP contribution in [0.2, 0.25) is 0 Å². The van der Waals surface area contributed by atoms with Crippen LogP contribution in [0, 0.1) is 11.3 Å². The number of halogens is 2. The molecule has 2 N–H and O–H groups in total. The molecule has 120 valence electrons. The van der Waals surface area contributed by atoms with Crippen molar-refractivity contribution in [2.75, 3.05) is 5.32 Å². The third kappa shape index (κ3) is 5.07. The van der Waals surface area contributed by atoms with Gasteiger partial charge in [-0.15, -0.1) is 0 Å². The average molecular weight is 320 g/mol. The van der Waals surface area contributed by atoms with Crippen LogP contribution in [0.15, 0.2) is 30.3 Å². The van der Waals surface area contributed by atoms with Crippen LogP contribution in [-0.4, -0.2) is 22.7 Å². The maximum absolute atomic E-state index is 12.1. The standard InChI is InChI=1S/C15H14F2N4O2/c16-15(17)23-11-6-4-10(5-7-11)12-9-13(21-20-12)19-14(22)3-1-2-8-18/h4-7,9,15H,1-3H2,(H2,19,20,21,22). The van der Waals surface area contributed by atoms with Crippen molar-refractivity contribution in [3.8, 4) is 23.1 Å². The second-order valence-electron chi connectivity index (χ2n) is 4.63. The van der Waals surface area contributed by atoms with E-state index in [1.165, 1.54) is 12.1 Å². The summed E-state index contributed by atoms with van der Waals surface area (Å²) < 4.78 is 28.4. The molecule has 0 aliphatic heterocycles. The number of nitrogens with zero attached hydrogens (tertiary/aromatic N) is 2. The first-order valence-corrected chi connectivity index (χ1v) is 6.86. The molecule has 0 fully saturated rings. The van der Waals surface area contributed by atoms with Crippen molar-refractivity contribution < 1.29 is 18.3 Å². The fraction of sp³-hybridized carbons (Fsp3) is 0.267. The molecule has 1 amide bonds. The van der Waals surface area contributed by atoms with Gasteiger partial charge in [0.25, 0.3) is 0 Å². The van der Waals surface area contributed by atoms with E-state index in [1.807, 2.05) is 6.07 Å². The van der Waals surface area contributed by atoms with E-state index in [0.717, 1.165) is 0 Å². The highest BCUT2D eigenvalue weighted by Gasteiger charge is 2.08. The summed E-state index contributed by atoms with van der Waals surface area (Å²) in [6.45, 7) is -2.86. The van der Waals surface area contributed by atoms with Gasteiger partial charge in [-0.05, 0) is 36.2 Å². The Bertz CT molecular complexity index is 692. The number of ether oxygens (including phenoxy) is 1. The van der Waals surface area contributed by atoms with E-state index in [9.17, 15) is 13.6 Å². The summed E-state index contributed by atoms with van der Waals surface area (Å²) in [6, 6.07) is 9.64. The molecule has 0 unspecified atom stereocenters. The summed E-state index contributed by atoms with van der Waals surface area (Å²) in [7, 11) is 0. The van der Waals surface area contributed by atoms with Gasteiger partial charge < -0.3 is 10.1 Å². The number of rotatable bonds is 7. The van der Waals surface area contributed by atoms with Gasteiger partial charge in [-0.2, -0.15) is 19.1 Å². The summed E-state index contributed by atoms with van der Waals surface area (Å²) >= 11 is 0. The number of nitrogens with one attached hydrogen (secondary N) is 2. The molecule has 2 aromatic rings. The van der Waals surface area contributed by atoms with Crippen molar-refractivity contribution in [1.82, 2.24) is 10.2 Å². The topological polar surface area (TPSA) is 90.8 Å². The molecule has 0 spiro atoms. The van der Waals surface area contributed by atoms with Gasteiger partial charge in [-0.1, -0.05) is 0 Å². The van der Waals surface area contributed by atoms with Crippen molar-refractivity contribution in [2.24, 2.45) is 0 Å². The van der Waals surface area contributed by atoms with Crippen molar-refractivity contribution in [1.29, 1.82) is 5.26 Å². The fourth-order valence-electron chi connectivity index (χ4n) is 1.88. The molecule has 1 heterocycles. The van der Waals surface area contributed by atoms with Crippen LogP contribution >= 0.6 is 0 Å². The van der Waals surface area contributed by atoms with E-state index >= 15 is 0 Å². The lowest BCUT2D eigenvalue weighted by atomic mass is 10.1. The monoisotopic (exact) mass is 320 g/mol. The first-order valence-electron chi connectivity index (χ1n) is 6.86. The zero-order valence-electron chi connectivity index (χ0n) is 12.1. The van der Waals surface area contributed by atoms with Gasteiger partial charge >= 0.3 is 6.61 Å². The van der Waals surface area contributed by atoms with Gasteiger partial charge in [0.2, 0.25) is 5.91 Å². The van der Waals surface area contributed by atoms with Crippen LogP contribution in [0.25, 0.3) is 11.3 Å². The largest absolute Gasteiger partial charge is 0.435 e. The van der Waals surface area contributed by atoms with Gasteiger partial charge in [0.15, 0.2) is 5.82 Å². The Hall–Kier alpha value is -2.95. The molecule has 0 radical (unpaired) electrons. The number of carbonyl (C=O) groups is 1. The van der Waals surface area contributed by atoms with Crippen LogP contribution in [0.3, 0.4) is 0 Å². The summed E-state index contributed by atoms with van der Waals surface area (Å²) in [5.41, 5.74) is 1.34. The zero-order chi connectivity index (χ0) is 16.7. The van der Waals surface area contributed by atoms with E-state index in [0.29, 0.717) is 29.9 Å². The van der Waals surface area contributed by atoms with Gasteiger partial charge in [-0.25, -0.2) is 0 Å². The highest BCUT2D eigenvalue weighted by molar-refractivity contribution is 5.90. The molecule has 0 aliphatic carbocycles. The number of hydrogen-bond donors (Lipinski definition) is 2. The van der Waals surface area contributed by atoms with Crippen LogP contribution in [-0.2, 0) is 4.79 Å². The molecule has 8 heteroatoms. The lowest BCUT2D eigenvalue weighted by Crippen LogP contribution is -2.11. The molecular weight excluding hydrogens is 306 g/mol. The maximum Gasteiger partial charge on any atom is 0.387 e. The SMILES string of the molecule is N#CCCCC(=O)Nc1cc(-c2ccc(OC(F)F)cc2)[nH]n1. The number of aromatic nitrogens is 2. The van der Waals surface area contributed by atoms with Crippen molar-refractivity contribution in [3.63, 3.8) is 0 Å². The highest BCUT2D eigenvalue weighted by atomic mass is 19.3.